The predicted octanol–water partition coefficient (Wildman–Crippen LogP) is 14.2. The summed E-state index contributed by atoms with van der Waals surface area (Å²) < 4.78 is 0. The normalized spacial score (nSPS) is 16.0. The molecule has 0 saturated heterocycles. The van der Waals surface area contributed by atoms with Crippen LogP contribution in [-0.2, 0) is 22.6 Å². The van der Waals surface area contributed by atoms with Crippen molar-refractivity contribution >= 4 is 11.8 Å². The predicted molar refractivity (Wildman–Crippen MR) is 211 cm³/mol. The van der Waals surface area contributed by atoms with E-state index in [1.807, 2.05) is 0 Å². The molecule has 1 aromatic carbocycles. The van der Waals surface area contributed by atoms with Crippen LogP contribution in [0.5, 0.6) is 0 Å². The fourth-order valence-corrected chi connectivity index (χ4v) is 8.40. The van der Waals surface area contributed by atoms with E-state index in [0.29, 0.717) is 6.54 Å². The van der Waals surface area contributed by atoms with Crippen molar-refractivity contribution in [2.75, 3.05) is 0 Å². The molecule has 1 atom stereocenters. The van der Waals surface area contributed by atoms with Crippen LogP contribution in [0.1, 0.15) is 224 Å². The minimum Gasteiger partial charge on any atom is -0.270 e. The van der Waals surface area contributed by atoms with Crippen LogP contribution in [0.15, 0.2) is 35.4 Å². The lowest BCUT2D eigenvalue weighted by Gasteiger charge is -2.25. The number of carbonyl (C=O) groups is 2. The van der Waals surface area contributed by atoms with Crippen LogP contribution in [0.25, 0.3) is 0 Å². The van der Waals surface area contributed by atoms with Crippen molar-refractivity contribution in [1.82, 2.24) is 4.90 Å². The van der Waals surface area contributed by atoms with E-state index in [2.05, 4.69) is 38.1 Å². The Bertz CT molecular complexity index is 1060. The van der Waals surface area contributed by atoms with Crippen LogP contribution in [-0.4, -0.2) is 16.7 Å². The number of amides is 2. The van der Waals surface area contributed by atoms with Gasteiger partial charge < -0.3 is 0 Å². The summed E-state index contributed by atoms with van der Waals surface area (Å²) in [6, 6.07) is 8.52. The highest BCUT2D eigenvalue weighted by Crippen LogP contribution is 2.38. The van der Waals surface area contributed by atoms with Crippen molar-refractivity contribution in [3.8, 4) is 0 Å². The van der Waals surface area contributed by atoms with Crippen LogP contribution in [0, 0.1) is 5.92 Å². The fourth-order valence-electron chi connectivity index (χ4n) is 8.40. The van der Waals surface area contributed by atoms with Gasteiger partial charge in [0.05, 0.1) is 6.54 Å². The van der Waals surface area contributed by atoms with Gasteiger partial charge in [-0.2, -0.15) is 0 Å². The van der Waals surface area contributed by atoms with Gasteiger partial charge in [-0.05, 0) is 42.7 Å². The Balaban J connectivity index is 1.36. The van der Waals surface area contributed by atoms with Crippen LogP contribution >= 0.6 is 0 Å². The number of nitrogens with zero attached hydrogens (tertiary/aromatic N) is 1. The molecule has 0 aliphatic carbocycles. The zero-order chi connectivity index (χ0) is 34.8. The van der Waals surface area contributed by atoms with Crippen molar-refractivity contribution in [1.29, 1.82) is 0 Å². The third-order valence-corrected chi connectivity index (χ3v) is 11.6. The SMILES string of the molecule is CCCCCCCCCCCCCCCCCC1=C2C(=O)N(Cc3ccccc3CC2CCCCCCCCCCCCCCCC)C1=O. The Morgan fingerprint density at radius 3 is 1.33 bits per heavy atom. The quantitative estimate of drug-likeness (QED) is 0.0580. The Morgan fingerprint density at radius 1 is 0.490 bits per heavy atom. The fraction of sp³-hybridized carbons (Fsp3) is 0.783. The molecule has 2 amide bonds. The second-order valence-electron chi connectivity index (χ2n) is 15.8. The molecular weight excluding hydrogens is 599 g/mol. The van der Waals surface area contributed by atoms with Crippen LogP contribution < -0.4 is 0 Å². The molecule has 49 heavy (non-hydrogen) atoms. The number of hydrogen-bond acceptors (Lipinski definition) is 2. The average Bonchev–Trinajstić information content (AvgIpc) is 3.36. The maximum absolute atomic E-state index is 13.8. The van der Waals surface area contributed by atoms with Crippen molar-refractivity contribution in [2.24, 2.45) is 5.92 Å². The van der Waals surface area contributed by atoms with Crippen LogP contribution in [0.2, 0.25) is 0 Å². The molecule has 2 aliphatic heterocycles. The Hall–Kier alpha value is -1.90. The van der Waals surface area contributed by atoms with Gasteiger partial charge in [0.2, 0.25) is 0 Å². The summed E-state index contributed by atoms with van der Waals surface area (Å²) in [6.45, 7) is 5.02. The molecular formula is C46H77NO2. The van der Waals surface area contributed by atoms with E-state index in [-0.39, 0.29) is 17.7 Å². The largest absolute Gasteiger partial charge is 0.270 e. The van der Waals surface area contributed by atoms with Crippen LogP contribution in [0.3, 0.4) is 0 Å². The number of rotatable bonds is 31. The maximum Gasteiger partial charge on any atom is 0.257 e. The number of fused-ring (bicyclic) bond motifs is 3. The smallest absolute Gasteiger partial charge is 0.257 e. The highest BCUT2D eigenvalue weighted by molar-refractivity contribution is 6.19. The van der Waals surface area contributed by atoms with Gasteiger partial charge in [0.15, 0.2) is 0 Å². The Kier molecular flexibility index (Phi) is 22.7. The zero-order valence-electron chi connectivity index (χ0n) is 32.5. The first-order chi connectivity index (χ1) is 24.2. The molecule has 3 nitrogen and oxygen atoms in total. The number of carbonyl (C=O) groups excluding carboxylic acids is 2. The molecule has 278 valence electrons. The topological polar surface area (TPSA) is 37.4 Å². The highest BCUT2D eigenvalue weighted by Gasteiger charge is 2.42. The maximum atomic E-state index is 13.8. The van der Waals surface area contributed by atoms with Crippen molar-refractivity contribution in [2.45, 2.75) is 226 Å². The second-order valence-corrected chi connectivity index (χ2v) is 15.8. The first-order valence-electron chi connectivity index (χ1n) is 21.8. The summed E-state index contributed by atoms with van der Waals surface area (Å²) in [7, 11) is 0. The van der Waals surface area contributed by atoms with Gasteiger partial charge in [-0.15, -0.1) is 0 Å². The van der Waals surface area contributed by atoms with Gasteiger partial charge in [0.25, 0.3) is 11.8 Å². The zero-order valence-corrected chi connectivity index (χ0v) is 32.5. The van der Waals surface area contributed by atoms with E-state index in [9.17, 15) is 9.59 Å². The third-order valence-electron chi connectivity index (χ3n) is 11.6. The molecule has 3 rings (SSSR count). The second kappa shape index (κ2) is 26.8. The van der Waals surface area contributed by atoms with Gasteiger partial charge in [-0.3, -0.25) is 14.5 Å². The molecule has 0 radical (unpaired) electrons. The van der Waals surface area contributed by atoms with Gasteiger partial charge >= 0.3 is 0 Å². The molecule has 0 N–H and O–H groups in total. The molecule has 1 unspecified atom stereocenters. The van der Waals surface area contributed by atoms with Crippen molar-refractivity contribution < 1.29 is 9.59 Å². The van der Waals surface area contributed by atoms with E-state index >= 15 is 0 Å². The van der Waals surface area contributed by atoms with Crippen LogP contribution in [0.4, 0.5) is 0 Å². The van der Waals surface area contributed by atoms with E-state index in [1.54, 1.807) is 4.90 Å². The molecule has 2 heterocycles. The molecule has 0 fully saturated rings. The van der Waals surface area contributed by atoms with E-state index in [4.69, 9.17) is 0 Å². The first-order valence-corrected chi connectivity index (χ1v) is 21.8. The van der Waals surface area contributed by atoms with Gasteiger partial charge in [0.1, 0.15) is 0 Å². The van der Waals surface area contributed by atoms with E-state index in [1.165, 1.54) is 179 Å². The van der Waals surface area contributed by atoms with Gasteiger partial charge in [-0.1, -0.05) is 218 Å². The van der Waals surface area contributed by atoms with E-state index < -0.39 is 0 Å². The third kappa shape index (κ3) is 16.3. The summed E-state index contributed by atoms with van der Waals surface area (Å²) in [5.41, 5.74) is 4.23. The monoisotopic (exact) mass is 676 g/mol. The number of benzene rings is 1. The molecule has 2 aliphatic rings. The standard InChI is InChI=1S/C46H77NO2/c1-3-5-7-9-11-13-15-17-19-21-23-25-27-29-31-37-43-44-41(35-30-28-26-24-22-20-18-16-14-12-10-8-6-4-2)38-40-34-32-33-36-42(40)39-47(45(43)48)46(44)49/h32-34,36,41H,3-31,35,37-39H2,1-2H3. The number of unbranched alkanes of at least 4 members (excludes halogenated alkanes) is 27. The summed E-state index contributed by atoms with van der Waals surface area (Å²) >= 11 is 0. The number of hydrogen-bond donors (Lipinski definition) is 0. The van der Waals surface area contributed by atoms with Crippen molar-refractivity contribution in [3.63, 3.8) is 0 Å². The van der Waals surface area contributed by atoms with Crippen molar-refractivity contribution in [3.05, 3.63) is 46.5 Å². The molecule has 3 heteroatoms. The minimum atomic E-state index is 0.00743. The Morgan fingerprint density at radius 2 is 0.878 bits per heavy atom. The minimum absolute atomic E-state index is 0.00743. The first kappa shape index (κ1) is 41.5. The van der Waals surface area contributed by atoms with Gasteiger partial charge in [-0.25, -0.2) is 0 Å². The van der Waals surface area contributed by atoms with Gasteiger partial charge in [0, 0.05) is 11.1 Å². The summed E-state index contributed by atoms with van der Waals surface area (Å²) in [6.07, 6.45) is 41.8. The lowest BCUT2D eigenvalue weighted by Crippen LogP contribution is -2.34. The molecule has 2 bridgehead atoms. The highest BCUT2D eigenvalue weighted by atomic mass is 16.2. The summed E-state index contributed by atoms with van der Waals surface area (Å²) in [4.78, 5) is 29.0. The lowest BCUT2D eigenvalue weighted by molar-refractivity contribution is -0.138. The number of imide groups is 1. The van der Waals surface area contributed by atoms with E-state index in [0.717, 1.165) is 48.8 Å². The summed E-state index contributed by atoms with van der Waals surface area (Å²) in [5, 5.41) is 0. The Labute approximate surface area is 303 Å². The summed E-state index contributed by atoms with van der Waals surface area (Å²) in [5.74, 6) is 0.199. The molecule has 0 saturated carbocycles. The molecule has 1 aromatic rings. The lowest BCUT2D eigenvalue weighted by atomic mass is 9.82. The molecule has 0 spiro atoms. The molecule has 0 aromatic heterocycles. The average molecular weight is 676 g/mol.